The first-order chi connectivity index (χ1) is 9.52. The molecular formula is C15H24BrN3O. The Morgan fingerprint density at radius 3 is 2.60 bits per heavy atom. The topological polar surface area (TPSA) is 45.7 Å². The summed E-state index contributed by atoms with van der Waals surface area (Å²) in [6.07, 6.45) is 0.0105. The second-order valence-electron chi connectivity index (χ2n) is 4.88. The standard InChI is InChI=1S/C15H24BrN3O/c1-5-17-15(19-11(2)3)18-10-12(4)20-14-9-7-6-8-13(14)16/h6-9,11-12H,5,10H2,1-4H3,(H2,17,18,19). The highest BCUT2D eigenvalue weighted by atomic mass is 79.9. The summed E-state index contributed by atoms with van der Waals surface area (Å²) in [6.45, 7) is 9.70. The molecular weight excluding hydrogens is 318 g/mol. The van der Waals surface area contributed by atoms with Crippen molar-refractivity contribution in [2.24, 2.45) is 4.99 Å². The SMILES string of the molecule is CCNC(=NCC(C)Oc1ccccc1Br)NC(C)C. The number of aliphatic imine (C=N–C) groups is 1. The van der Waals surface area contributed by atoms with E-state index in [1.165, 1.54) is 0 Å². The Hall–Kier alpha value is -1.23. The van der Waals surface area contributed by atoms with Crippen molar-refractivity contribution in [3.8, 4) is 5.75 Å². The Bertz CT molecular complexity index is 435. The number of ether oxygens (including phenoxy) is 1. The molecule has 0 heterocycles. The molecule has 20 heavy (non-hydrogen) atoms. The molecule has 1 aromatic carbocycles. The molecule has 1 atom stereocenters. The van der Waals surface area contributed by atoms with Crippen LogP contribution in [0.2, 0.25) is 0 Å². The van der Waals surface area contributed by atoms with Crippen molar-refractivity contribution >= 4 is 21.9 Å². The lowest BCUT2D eigenvalue weighted by atomic mass is 10.3. The molecule has 5 heteroatoms. The highest BCUT2D eigenvalue weighted by Crippen LogP contribution is 2.24. The van der Waals surface area contributed by atoms with Crippen LogP contribution in [0.4, 0.5) is 0 Å². The van der Waals surface area contributed by atoms with Gasteiger partial charge in [0.1, 0.15) is 11.9 Å². The van der Waals surface area contributed by atoms with Gasteiger partial charge in [-0.2, -0.15) is 0 Å². The van der Waals surface area contributed by atoms with E-state index in [9.17, 15) is 0 Å². The van der Waals surface area contributed by atoms with Crippen molar-refractivity contribution in [2.45, 2.75) is 39.8 Å². The lowest BCUT2D eigenvalue weighted by Crippen LogP contribution is -2.41. The highest BCUT2D eigenvalue weighted by molar-refractivity contribution is 9.10. The fraction of sp³-hybridized carbons (Fsp3) is 0.533. The van der Waals surface area contributed by atoms with Crippen molar-refractivity contribution in [3.05, 3.63) is 28.7 Å². The third-order valence-corrected chi connectivity index (χ3v) is 3.10. The van der Waals surface area contributed by atoms with Crippen LogP contribution in [-0.2, 0) is 0 Å². The Morgan fingerprint density at radius 2 is 2.00 bits per heavy atom. The van der Waals surface area contributed by atoms with E-state index in [-0.39, 0.29) is 6.10 Å². The maximum Gasteiger partial charge on any atom is 0.191 e. The molecule has 0 aliphatic heterocycles. The number of halogens is 1. The lowest BCUT2D eigenvalue weighted by molar-refractivity contribution is 0.228. The summed E-state index contributed by atoms with van der Waals surface area (Å²) in [5.74, 6) is 1.67. The van der Waals surface area contributed by atoms with Crippen LogP contribution in [0.1, 0.15) is 27.7 Å². The molecule has 2 N–H and O–H groups in total. The van der Waals surface area contributed by atoms with Gasteiger partial charge in [0.05, 0.1) is 11.0 Å². The van der Waals surface area contributed by atoms with Gasteiger partial charge in [-0.15, -0.1) is 0 Å². The lowest BCUT2D eigenvalue weighted by Gasteiger charge is -2.17. The first kappa shape index (κ1) is 16.8. The van der Waals surface area contributed by atoms with Gasteiger partial charge in [-0.3, -0.25) is 0 Å². The molecule has 0 bridgehead atoms. The zero-order valence-corrected chi connectivity index (χ0v) is 14.2. The van der Waals surface area contributed by atoms with Crippen LogP contribution < -0.4 is 15.4 Å². The molecule has 0 aromatic heterocycles. The number of para-hydroxylation sites is 1. The third kappa shape index (κ3) is 6.28. The summed E-state index contributed by atoms with van der Waals surface area (Å²) in [6, 6.07) is 8.19. The number of nitrogens with zero attached hydrogens (tertiary/aromatic N) is 1. The van der Waals surface area contributed by atoms with Gasteiger partial charge in [0.2, 0.25) is 0 Å². The average molecular weight is 342 g/mol. The minimum absolute atomic E-state index is 0.0105. The molecule has 0 amide bonds. The van der Waals surface area contributed by atoms with Crippen molar-refractivity contribution in [1.29, 1.82) is 0 Å². The summed E-state index contributed by atoms with van der Waals surface area (Å²) >= 11 is 3.48. The number of hydrogen-bond donors (Lipinski definition) is 2. The van der Waals surface area contributed by atoms with Crippen LogP contribution >= 0.6 is 15.9 Å². The molecule has 0 fully saturated rings. The van der Waals surface area contributed by atoms with Crippen LogP contribution in [0.3, 0.4) is 0 Å². The van der Waals surface area contributed by atoms with E-state index in [0.717, 1.165) is 22.7 Å². The fourth-order valence-corrected chi connectivity index (χ4v) is 1.99. The van der Waals surface area contributed by atoms with Gasteiger partial charge in [0.15, 0.2) is 5.96 Å². The van der Waals surface area contributed by atoms with Crippen molar-refractivity contribution in [2.75, 3.05) is 13.1 Å². The number of nitrogens with one attached hydrogen (secondary N) is 2. The van der Waals surface area contributed by atoms with Crippen LogP contribution in [0.25, 0.3) is 0 Å². The monoisotopic (exact) mass is 341 g/mol. The molecule has 0 aliphatic rings. The van der Waals surface area contributed by atoms with Crippen molar-refractivity contribution < 1.29 is 4.74 Å². The average Bonchev–Trinajstić information content (AvgIpc) is 2.38. The van der Waals surface area contributed by atoms with Crippen LogP contribution in [0, 0.1) is 0 Å². The van der Waals surface area contributed by atoms with Crippen molar-refractivity contribution in [3.63, 3.8) is 0 Å². The molecule has 1 aromatic rings. The van der Waals surface area contributed by atoms with Crippen LogP contribution in [-0.4, -0.2) is 31.2 Å². The van der Waals surface area contributed by atoms with E-state index in [4.69, 9.17) is 4.74 Å². The zero-order chi connectivity index (χ0) is 15.0. The van der Waals surface area contributed by atoms with Gasteiger partial charge >= 0.3 is 0 Å². The third-order valence-electron chi connectivity index (χ3n) is 2.44. The maximum atomic E-state index is 5.87. The van der Waals surface area contributed by atoms with Crippen LogP contribution in [0.5, 0.6) is 5.75 Å². The van der Waals surface area contributed by atoms with Gasteiger partial charge in [-0.05, 0) is 55.8 Å². The largest absolute Gasteiger partial charge is 0.488 e. The summed E-state index contributed by atoms with van der Waals surface area (Å²) in [5, 5.41) is 6.50. The second-order valence-corrected chi connectivity index (χ2v) is 5.73. The smallest absolute Gasteiger partial charge is 0.191 e. The summed E-state index contributed by atoms with van der Waals surface area (Å²) in [5.41, 5.74) is 0. The fourth-order valence-electron chi connectivity index (χ4n) is 1.61. The van der Waals surface area contributed by atoms with E-state index in [1.807, 2.05) is 31.2 Å². The van der Waals surface area contributed by atoms with E-state index in [0.29, 0.717) is 12.6 Å². The molecule has 4 nitrogen and oxygen atoms in total. The van der Waals surface area contributed by atoms with E-state index < -0.39 is 0 Å². The normalized spacial score (nSPS) is 13.2. The molecule has 0 saturated carbocycles. The number of benzene rings is 1. The minimum Gasteiger partial charge on any atom is -0.488 e. The second kappa shape index (κ2) is 8.84. The summed E-state index contributed by atoms with van der Waals surface area (Å²) < 4.78 is 6.83. The molecule has 0 radical (unpaired) electrons. The first-order valence-corrected chi connectivity index (χ1v) is 7.78. The predicted octanol–water partition coefficient (Wildman–Crippen LogP) is 3.18. The molecule has 0 saturated heterocycles. The maximum absolute atomic E-state index is 5.87. The quantitative estimate of drug-likeness (QED) is 0.617. The molecule has 112 valence electrons. The van der Waals surface area contributed by atoms with Gasteiger partial charge in [0.25, 0.3) is 0 Å². The highest BCUT2D eigenvalue weighted by Gasteiger charge is 2.07. The summed E-state index contributed by atoms with van der Waals surface area (Å²) in [4.78, 5) is 4.53. The van der Waals surface area contributed by atoms with Crippen molar-refractivity contribution in [1.82, 2.24) is 10.6 Å². The molecule has 0 aliphatic carbocycles. The molecule has 1 unspecified atom stereocenters. The van der Waals surface area contributed by atoms with Crippen LogP contribution in [0.15, 0.2) is 33.7 Å². The van der Waals surface area contributed by atoms with E-state index >= 15 is 0 Å². The minimum atomic E-state index is 0.0105. The Kier molecular flexibility index (Phi) is 7.44. The Morgan fingerprint density at radius 1 is 1.30 bits per heavy atom. The van der Waals surface area contributed by atoms with E-state index in [2.05, 4.69) is 52.3 Å². The predicted molar refractivity (Wildman–Crippen MR) is 88.5 cm³/mol. The first-order valence-electron chi connectivity index (χ1n) is 6.99. The Labute approximate surface area is 130 Å². The number of rotatable bonds is 6. The molecule has 1 rings (SSSR count). The zero-order valence-electron chi connectivity index (χ0n) is 12.6. The van der Waals surface area contributed by atoms with Gasteiger partial charge < -0.3 is 15.4 Å². The van der Waals surface area contributed by atoms with Gasteiger partial charge in [-0.25, -0.2) is 4.99 Å². The van der Waals surface area contributed by atoms with E-state index in [1.54, 1.807) is 0 Å². The number of hydrogen-bond acceptors (Lipinski definition) is 2. The van der Waals surface area contributed by atoms with Gasteiger partial charge in [-0.1, -0.05) is 12.1 Å². The van der Waals surface area contributed by atoms with Gasteiger partial charge in [0, 0.05) is 12.6 Å². The Balaban J connectivity index is 2.55. The number of guanidine groups is 1. The summed E-state index contributed by atoms with van der Waals surface area (Å²) in [7, 11) is 0. The molecule has 0 spiro atoms.